The minimum Gasteiger partial charge on any atom is -0.298 e. The highest BCUT2D eigenvalue weighted by atomic mass is 35.5. The Morgan fingerprint density at radius 3 is 2.47 bits per heavy atom. The predicted molar refractivity (Wildman–Crippen MR) is 62.6 cm³/mol. The summed E-state index contributed by atoms with van der Waals surface area (Å²) in [6.45, 7) is 0. The van der Waals surface area contributed by atoms with Gasteiger partial charge in [-0.05, 0) is 37.0 Å². The van der Waals surface area contributed by atoms with E-state index in [1.807, 2.05) is 24.3 Å². The highest BCUT2D eigenvalue weighted by Gasteiger charge is 2.39. The van der Waals surface area contributed by atoms with Gasteiger partial charge in [0, 0.05) is 11.4 Å². The van der Waals surface area contributed by atoms with Crippen molar-refractivity contribution in [2.75, 3.05) is 0 Å². The Balaban J connectivity index is 2.14. The van der Waals surface area contributed by atoms with E-state index in [0.717, 1.165) is 18.4 Å². The van der Waals surface area contributed by atoms with Gasteiger partial charge in [0.25, 0.3) is 0 Å². The number of alkyl halides is 1. The Morgan fingerprint density at radius 2 is 1.93 bits per heavy atom. The van der Waals surface area contributed by atoms with Gasteiger partial charge in [-0.15, -0.1) is 11.6 Å². The minimum absolute atomic E-state index is 0.180. The lowest BCUT2D eigenvalue weighted by Crippen LogP contribution is -2.29. The van der Waals surface area contributed by atoms with Crippen LogP contribution in [0, 0.1) is 0 Å². The predicted octanol–water partition coefficient (Wildman–Crippen LogP) is 3.61. The molecule has 0 aromatic heterocycles. The first-order chi connectivity index (χ1) is 7.10. The van der Waals surface area contributed by atoms with E-state index in [2.05, 4.69) is 0 Å². The lowest BCUT2D eigenvalue weighted by molar-refractivity contribution is -0.119. The molecule has 1 atom stereocenters. The molecule has 0 N–H and O–H groups in total. The third-order valence-electron chi connectivity index (χ3n) is 2.87. The van der Waals surface area contributed by atoms with E-state index in [4.69, 9.17) is 23.2 Å². The van der Waals surface area contributed by atoms with E-state index in [-0.39, 0.29) is 5.78 Å². The number of carbonyl (C=O) groups is 1. The largest absolute Gasteiger partial charge is 0.298 e. The Hall–Kier alpha value is -0.530. The maximum absolute atomic E-state index is 11.6. The zero-order chi connectivity index (χ0) is 10.9. The minimum atomic E-state index is -0.659. The van der Waals surface area contributed by atoms with Crippen molar-refractivity contribution < 1.29 is 4.79 Å². The first-order valence-electron chi connectivity index (χ1n) is 5.07. The fourth-order valence-electron chi connectivity index (χ4n) is 2.01. The Bertz CT molecular complexity index is 372. The highest BCUT2D eigenvalue weighted by Crippen LogP contribution is 2.35. The second-order valence-electron chi connectivity index (χ2n) is 4.05. The van der Waals surface area contributed by atoms with Crippen molar-refractivity contribution in [3.8, 4) is 0 Å². The average Bonchev–Trinajstić information content (AvgIpc) is 2.51. The quantitative estimate of drug-likeness (QED) is 0.725. The van der Waals surface area contributed by atoms with Crippen molar-refractivity contribution in [2.45, 2.75) is 30.6 Å². The molecule has 1 unspecified atom stereocenters. The number of hydrogen-bond acceptors (Lipinski definition) is 1. The first kappa shape index (κ1) is 11.0. The Kier molecular flexibility index (Phi) is 3.03. The number of Topliss-reactive ketones (excluding diaryl/α,β-unsaturated/α-hetero) is 1. The molecule has 0 radical (unpaired) electrons. The van der Waals surface area contributed by atoms with Gasteiger partial charge < -0.3 is 0 Å². The molecule has 0 spiro atoms. The summed E-state index contributed by atoms with van der Waals surface area (Å²) in [4.78, 5) is 11.0. The summed E-state index contributed by atoms with van der Waals surface area (Å²) in [7, 11) is 0. The molecule has 1 saturated carbocycles. The number of hydrogen-bond donors (Lipinski definition) is 0. The van der Waals surface area contributed by atoms with Crippen molar-refractivity contribution in [1.29, 1.82) is 0 Å². The molecule has 1 aromatic carbocycles. The van der Waals surface area contributed by atoms with Gasteiger partial charge in [-0.1, -0.05) is 23.7 Å². The SMILES string of the molecule is O=C1CCCC1(Cl)Cc1ccc(Cl)cc1. The van der Waals surface area contributed by atoms with Crippen LogP contribution in [0.25, 0.3) is 0 Å². The zero-order valence-electron chi connectivity index (χ0n) is 8.30. The van der Waals surface area contributed by atoms with Crippen molar-refractivity contribution in [2.24, 2.45) is 0 Å². The molecule has 80 valence electrons. The van der Waals surface area contributed by atoms with Crippen LogP contribution >= 0.6 is 23.2 Å². The lowest BCUT2D eigenvalue weighted by atomic mass is 9.96. The van der Waals surface area contributed by atoms with Crippen LogP contribution in [0.2, 0.25) is 5.02 Å². The van der Waals surface area contributed by atoms with E-state index in [1.54, 1.807) is 0 Å². The molecule has 1 fully saturated rings. The maximum atomic E-state index is 11.6. The third-order valence-corrected chi connectivity index (χ3v) is 3.66. The van der Waals surface area contributed by atoms with Crippen LogP contribution in [0.4, 0.5) is 0 Å². The second kappa shape index (κ2) is 4.15. The smallest absolute Gasteiger partial charge is 0.154 e. The number of halogens is 2. The molecule has 1 aliphatic rings. The van der Waals surface area contributed by atoms with Gasteiger partial charge in [0.1, 0.15) is 4.87 Å². The molecule has 3 heteroatoms. The molecule has 2 rings (SSSR count). The van der Waals surface area contributed by atoms with E-state index < -0.39 is 4.87 Å². The number of rotatable bonds is 2. The molecule has 0 amide bonds. The summed E-state index contributed by atoms with van der Waals surface area (Å²) in [5, 5.41) is 0.708. The monoisotopic (exact) mass is 242 g/mol. The summed E-state index contributed by atoms with van der Waals surface area (Å²) in [5.74, 6) is 0.180. The molecule has 1 aliphatic carbocycles. The first-order valence-corrected chi connectivity index (χ1v) is 5.82. The van der Waals surface area contributed by atoms with Gasteiger partial charge in [-0.25, -0.2) is 0 Å². The van der Waals surface area contributed by atoms with Crippen molar-refractivity contribution in [3.63, 3.8) is 0 Å². The fraction of sp³-hybridized carbons (Fsp3) is 0.417. The molecule has 0 saturated heterocycles. The van der Waals surface area contributed by atoms with Gasteiger partial charge >= 0.3 is 0 Å². The number of ketones is 1. The molecular formula is C12H12Cl2O. The van der Waals surface area contributed by atoms with Crippen LogP contribution in [-0.4, -0.2) is 10.7 Å². The van der Waals surface area contributed by atoms with Crippen LogP contribution < -0.4 is 0 Å². The van der Waals surface area contributed by atoms with Gasteiger partial charge in [-0.2, -0.15) is 0 Å². The zero-order valence-corrected chi connectivity index (χ0v) is 9.81. The van der Waals surface area contributed by atoms with Crippen LogP contribution in [-0.2, 0) is 11.2 Å². The van der Waals surface area contributed by atoms with Crippen LogP contribution in [0.5, 0.6) is 0 Å². The molecule has 0 aliphatic heterocycles. The molecular weight excluding hydrogens is 231 g/mol. The van der Waals surface area contributed by atoms with Crippen molar-refractivity contribution in [1.82, 2.24) is 0 Å². The average molecular weight is 243 g/mol. The summed E-state index contributed by atoms with van der Waals surface area (Å²) < 4.78 is 0. The van der Waals surface area contributed by atoms with E-state index >= 15 is 0 Å². The summed E-state index contributed by atoms with van der Waals surface area (Å²) in [5.41, 5.74) is 1.07. The Labute approximate surface area is 99.4 Å². The van der Waals surface area contributed by atoms with Gasteiger partial charge in [0.15, 0.2) is 5.78 Å². The maximum Gasteiger partial charge on any atom is 0.154 e. The highest BCUT2D eigenvalue weighted by molar-refractivity contribution is 6.36. The lowest BCUT2D eigenvalue weighted by Gasteiger charge is -2.18. The van der Waals surface area contributed by atoms with Crippen molar-refractivity contribution in [3.05, 3.63) is 34.9 Å². The molecule has 15 heavy (non-hydrogen) atoms. The van der Waals surface area contributed by atoms with Gasteiger partial charge in [0.05, 0.1) is 0 Å². The molecule has 1 nitrogen and oxygen atoms in total. The summed E-state index contributed by atoms with van der Waals surface area (Å²) >= 11 is 12.1. The molecule has 1 aromatic rings. The van der Waals surface area contributed by atoms with E-state index in [1.165, 1.54) is 0 Å². The van der Waals surface area contributed by atoms with Crippen LogP contribution in [0.15, 0.2) is 24.3 Å². The topological polar surface area (TPSA) is 17.1 Å². The van der Waals surface area contributed by atoms with Crippen LogP contribution in [0.1, 0.15) is 24.8 Å². The van der Waals surface area contributed by atoms with Crippen molar-refractivity contribution >= 4 is 29.0 Å². The molecule has 0 bridgehead atoms. The van der Waals surface area contributed by atoms with E-state index in [0.29, 0.717) is 17.9 Å². The summed E-state index contributed by atoms with van der Waals surface area (Å²) in [6.07, 6.45) is 2.94. The van der Waals surface area contributed by atoms with Crippen LogP contribution in [0.3, 0.4) is 0 Å². The number of benzene rings is 1. The standard InChI is InChI=1S/C12H12Cl2O/c13-10-5-3-9(4-6-10)8-12(14)7-1-2-11(12)15/h3-6H,1-2,7-8H2. The third kappa shape index (κ3) is 2.35. The number of carbonyl (C=O) groups excluding carboxylic acids is 1. The summed E-state index contributed by atoms with van der Waals surface area (Å²) in [6, 6.07) is 7.52. The van der Waals surface area contributed by atoms with E-state index in [9.17, 15) is 4.79 Å². The van der Waals surface area contributed by atoms with Gasteiger partial charge in [-0.3, -0.25) is 4.79 Å². The normalized spacial score (nSPS) is 25.9. The Morgan fingerprint density at radius 1 is 1.27 bits per heavy atom. The molecule has 0 heterocycles. The second-order valence-corrected chi connectivity index (χ2v) is 5.21. The van der Waals surface area contributed by atoms with Gasteiger partial charge in [0.2, 0.25) is 0 Å². The fourth-order valence-corrected chi connectivity index (χ4v) is 2.51.